The second-order valence-corrected chi connectivity index (χ2v) is 9.25. The van der Waals surface area contributed by atoms with Gasteiger partial charge in [0, 0.05) is 6.07 Å². The van der Waals surface area contributed by atoms with Crippen molar-refractivity contribution >= 4 is 23.0 Å². The fourth-order valence-corrected chi connectivity index (χ4v) is 3.16. The fourth-order valence-electron chi connectivity index (χ4n) is 3.16. The molecule has 34 heavy (non-hydrogen) atoms. The Kier molecular flexibility index (Phi) is 7.61. The third kappa shape index (κ3) is 6.84. The van der Waals surface area contributed by atoms with Crippen LogP contribution in [0.4, 0.5) is 4.79 Å². The van der Waals surface area contributed by atoms with Crippen LogP contribution in [0.1, 0.15) is 41.0 Å². The molecule has 1 heterocycles. The normalized spacial score (nSPS) is 12.3. The highest BCUT2D eigenvalue weighted by molar-refractivity contribution is 5.84. The minimum atomic E-state index is -0.904. The van der Waals surface area contributed by atoms with Crippen LogP contribution in [0.5, 0.6) is 17.2 Å². The van der Waals surface area contributed by atoms with Gasteiger partial charge in [0.2, 0.25) is 11.2 Å². The maximum absolute atomic E-state index is 12.8. The van der Waals surface area contributed by atoms with Gasteiger partial charge in [0.15, 0.2) is 0 Å². The summed E-state index contributed by atoms with van der Waals surface area (Å²) < 4.78 is 21.9. The molecule has 1 amide bonds. The first-order chi connectivity index (χ1) is 16.0. The van der Waals surface area contributed by atoms with E-state index < -0.39 is 23.7 Å². The van der Waals surface area contributed by atoms with Gasteiger partial charge in [-0.1, -0.05) is 32.0 Å². The van der Waals surface area contributed by atoms with Gasteiger partial charge in [-0.15, -0.1) is 0 Å². The Bertz CT molecular complexity index is 1210. The van der Waals surface area contributed by atoms with Gasteiger partial charge in [-0.2, -0.15) is 0 Å². The molecular formula is C26H29NO7. The number of rotatable bonds is 7. The molecule has 0 aliphatic heterocycles. The molecule has 3 aromatic rings. The number of fused-ring (bicyclic) bond motifs is 1. The van der Waals surface area contributed by atoms with Crippen LogP contribution in [0, 0.1) is 5.92 Å². The molecule has 0 saturated heterocycles. The Morgan fingerprint density at radius 3 is 2.38 bits per heavy atom. The van der Waals surface area contributed by atoms with Crippen molar-refractivity contribution in [1.82, 2.24) is 5.32 Å². The highest BCUT2D eigenvalue weighted by Gasteiger charge is 2.27. The third-order valence-electron chi connectivity index (χ3n) is 4.59. The minimum absolute atomic E-state index is 0.0435. The van der Waals surface area contributed by atoms with Crippen molar-refractivity contribution in [2.24, 2.45) is 5.92 Å². The molecule has 0 bridgehead atoms. The number of esters is 1. The van der Waals surface area contributed by atoms with E-state index in [2.05, 4.69) is 5.32 Å². The van der Waals surface area contributed by atoms with E-state index in [-0.39, 0.29) is 33.8 Å². The van der Waals surface area contributed by atoms with Gasteiger partial charge in [-0.3, -0.25) is 4.79 Å². The van der Waals surface area contributed by atoms with Gasteiger partial charge < -0.3 is 23.9 Å². The summed E-state index contributed by atoms with van der Waals surface area (Å²) in [4.78, 5) is 37.8. The molecule has 0 saturated carbocycles. The number of nitrogens with one attached hydrogen (secondary N) is 1. The van der Waals surface area contributed by atoms with Crippen LogP contribution < -0.4 is 20.2 Å². The lowest BCUT2D eigenvalue weighted by molar-refractivity contribution is -0.137. The summed E-state index contributed by atoms with van der Waals surface area (Å²) in [5.74, 6) is 0.197. The van der Waals surface area contributed by atoms with E-state index in [1.807, 2.05) is 19.9 Å². The summed E-state index contributed by atoms with van der Waals surface area (Å²) in [5.41, 5.74) is -0.821. The molecule has 8 heteroatoms. The number of para-hydroxylation sites is 1. The Balaban J connectivity index is 1.77. The highest BCUT2D eigenvalue weighted by atomic mass is 16.6. The number of hydrogen-bond acceptors (Lipinski definition) is 7. The predicted molar refractivity (Wildman–Crippen MR) is 127 cm³/mol. The smallest absolute Gasteiger partial charge is 0.408 e. The number of carbonyl (C=O) groups excluding carboxylic acids is 2. The number of carbonyl (C=O) groups is 2. The van der Waals surface area contributed by atoms with Crippen molar-refractivity contribution in [2.75, 3.05) is 0 Å². The van der Waals surface area contributed by atoms with Crippen LogP contribution >= 0.6 is 0 Å². The van der Waals surface area contributed by atoms with Gasteiger partial charge in [0.25, 0.3) is 0 Å². The quantitative estimate of drug-likeness (QED) is 0.365. The zero-order chi connectivity index (χ0) is 24.9. The molecule has 1 N–H and O–H groups in total. The molecule has 0 aliphatic rings. The van der Waals surface area contributed by atoms with E-state index in [0.29, 0.717) is 12.2 Å². The summed E-state index contributed by atoms with van der Waals surface area (Å²) in [6.45, 7) is 9.07. The molecule has 2 aromatic carbocycles. The Labute approximate surface area is 197 Å². The van der Waals surface area contributed by atoms with E-state index >= 15 is 0 Å². The van der Waals surface area contributed by atoms with Crippen LogP contribution in [0.25, 0.3) is 11.0 Å². The first-order valence-corrected chi connectivity index (χ1v) is 11.0. The minimum Gasteiger partial charge on any atom is -0.460 e. The summed E-state index contributed by atoms with van der Waals surface area (Å²) in [5, 5.41) is 2.85. The molecule has 0 fully saturated rings. The lowest BCUT2D eigenvalue weighted by atomic mass is 10.0. The monoisotopic (exact) mass is 467 g/mol. The average Bonchev–Trinajstić information content (AvgIpc) is 2.74. The molecule has 180 valence electrons. The van der Waals surface area contributed by atoms with Gasteiger partial charge in [-0.25, -0.2) is 9.59 Å². The Morgan fingerprint density at radius 2 is 1.74 bits per heavy atom. The van der Waals surface area contributed by atoms with Crippen LogP contribution in [0.15, 0.2) is 64.0 Å². The lowest BCUT2D eigenvalue weighted by Crippen LogP contribution is -2.45. The maximum atomic E-state index is 12.8. The van der Waals surface area contributed by atoms with Gasteiger partial charge in [-0.05, 0) is 57.4 Å². The van der Waals surface area contributed by atoms with E-state index in [0.717, 1.165) is 0 Å². The second-order valence-electron chi connectivity index (χ2n) is 9.25. The molecule has 8 nitrogen and oxygen atoms in total. The van der Waals surface area contributed by atoms with Crippen molar-refractivity contribution in [3.05, 3.63) is 65.0 Å². The second kappa shape index (κ2) is 10.4. The molecule has 3 rings (SSSR count). The number of hydrogen-bond donors (Lipinski definition) is 1. The Hall–Kier alpha value is -3.81. The number of benzene rings is 2. The molecule has 0 spiro atoms. The number of amides is 1. The van der Waals surface area contributed by atoms with E-state index in [9.17, 15) is 14.4 Å². The number of ether oxygens (including phenoxy) is 3. The maximum Gasteiger partial charge on any atom is 0.408 e. The molecule has 1 aromatic heterocycles. The van der Waals surface area contributed by atoms with Crippen molar-refractivity contribution < 1.29 is 28.2 Å². The van der Waals surface area contributed by atoms with E-state index in [1.54, 1.807) is 45.0 Å². The summed E-state index contributed by atoms with van der Waals surface area (Å²) in [6.07, 6.45) is 0.876. The van der Waals surface area contributed by atoms with Crippen molar-refractivity contribution in [1.29, 1.82) is 0 Å². The van der Waals surface area contributed by atoms with Gasteiger partial charge in [0.1, 0.15) is 35.0 Å². The lowest BCUT2D eigenvalue weighted by Gasteiger charge is -2.23. The van der Waals surface area contributed by atoms with Crippen molar-refractivity contribution in [3.63, 3.8) is 0 Å². The summed E-state index contributed by atoms with van der Waals surface area (Å²) >= 11 is 0. The van der Waals surface area contributed by atoms with E-state index in [4.69, 9.17) is 18.6 Å². The standard InChI is InChI=1S/C26H29NO7/c1-16(2)13-20(27-25(30)34-26(3,4)5)24(29)33-18-11-12-19-21(14-18)31-15-22(23(19)28)32-17-9-7-6-8-10-17/h6-12,14-16,20H,13H2,1-5H3,(H,27,30)/t20-/m0/s1. The SMILES string of the molecule is CC(C)C[C@H](NC(=O)OC(C)(C)C)C(=O)Oc1ccc2c(=O)c(Oc3ccccc3)coc2c1. The first kappa shape index (κ1) is 24.8. The van der Waals surface area contributed by atoms with Crippen LogP contribution in [-0.4, -0.2) is 23.7 Å². The van der Waals surface area contributed by atoms with Crippen molar-refractivity contribution in [2.45, 2.75) is 52.7 Å². The molecule has 0 radical (unpaired) electrons. The number of alkyl carbamates (subject to hydrolysis) is 1. The molecule has 0 unspecified atom stereocenters. The van der Waals surface area contributed by atoms with Crippen molar-refractivity contribution in [3.8, 4) is 17.2 Å². The largest absolute Gasteiger partial charge is 0.460 e. The zero-order valence-corrected chi connectivity index (χ0v) is 19.9. The van der Waals surface area contributed by atoms with Crippen LogP contribution in [-0.2, 0) is 9.53 Å². The summed E-state index contributed by atoms with van der Waals surface area (Å²) in [7, 11) is 0. The van der Waals surface area contributed by atoms with Crippen LogP contribution in [0.3, 0.4) is 0 Å². The van der Waals surface area contributed by atoms with Gasteiger partial charge in [0.05, 0.1) is 5.39 Å². The third-order valence-corrected chi connectivity index (χ3v) is 4.59. The first-order valence-electron chi connectivity index (χ1n) is 11.0. The summed E-state index contributed by atoms with van der Waals surface area (Å²) in [6, 6.07) is 12.4. The fraction of sp³-hybridized carbons (Fsp3) is 0.346. The topological polar surface area (TPSA) is 104 Å². The van der Waals surface area contributed by atoms with Crippen LogP contribution in [0.2, 0.25) is 0 Å². The van der Waals surface area contributed by atoms with E-state index in [1.165, 1.54) is 24.5 Å². The Morgan fingerprint density at radius 1 is 1.03 bits per heavy atom. The average molecular weight is 468 g/mol. The van der Waals surface area contributed by atoms with Gasteiger partial charge >= 0.3 is 12.1 Å². The molecule has 0 aliphatic carbocycles. The molecular weight excluding hydrogens is 438 g/mol. The molecule has 1 atom stereocenters. The zero-order valence-electron chi connectivity index (χ0n) is 19.9. The predicted octanol–water partition coefficient (Wildman–Crippen LogP) is 5.43. The highest BCUT2D eigenvalue weighted by Crippen LogP contribution is 2.24.